The standard InChI is InChI=1S/C13H23N3O2/c1-10-6-7-11(16(10)5)12(17)14-8-13(2,18)9-15(3)4/h6-7,18H,8-9H2,1-5H3,(H,14,17). The van der Waals surface area contributed by atoms with Crippen LogP contribution in [0, 0.1) is 6.92 Å². The number of rotatable bonds is 5. The minimum atomic E-state index is -0.931. The summed E-state index contributed by atoms with van der Waals surface area (Å²) in [6, 6.07) is 3.68. The van der Waals surface area contributed by atoms with Gasteiger partial charge >= 0.3 is 0 Å². The van der Waals surface area contributed by atoms with Crippen molar-refractivity contribution in [3.8, 4) is 0 Å². The van der Waals surface area contributed by atoms with Crippen molar-refractivity contribution < 1.29 is 9.90 Å². The molecule has 0 radical (unpaired) electrons. The van der Waals surface area contributed by atoms with E-state index in [2.05, 4.69) is 5.32 Å². The molecule has 1 aromatic rings. The molecule has 18 heavy (non-hydrogen) atoms. The normalized spacial score (nSPS) is 14.6. The first-order valence-electron chi connectivity index (χ1n) is 6.00. The molecular weight excluding hydrogens is 230 g/mol. The fourth-order valence-corrected chi connectivity index (χ4v) is 1.94. The van der Waals surface area contributed by atoms with Gasteiger partial charge in [-0.05, 0) is 40.1 Å². The van der Waals surface area contributed by atoms with Gasteiger partial charge in [0, 0.05) is 25.8 Å². The van der Waals surface area contributed by atoms with Crippen LogP contribution in [0.3, 0.4) is 0 Å². The van der Waals surface area contributed by atoms with E-state index < -0.39 is 5.60 Å². The van der Waals surface area contributed by atoms with Gasteiger partial charge < -0.3 is 19.9 Å². The molecule has 0 spiro atoms. The Morgan fingerprint density at radius 3 is 2.56 bits per heavy atom. The molecule has 0 aliphatic heterocycles. The number of aromatic nitrogens is 1. The van der Waals surface area contributed by atoms with E-state index in [1.165, 1.54) is 0 Å². The van der Waals surface area contributed by atoms with Gasteiger partial charge in [-0.25, -0.2) is 0 Å². The minimum absolute atomic E-state index is 0.162. The molecule has 0 aliphatic rings. The fourth-order valence-electron chi connectivity index (χ4n) is 1.94. The van der Waals surface area contributed by atoms with Gasteiger partial charge in [0.25, 0.3) is 5.91 Å². The van der Waals surface area contributed by atoms with Crippen molar-refractivity contribution in [1.29, 1.82) is 0 Å². The molecule has 1 heterocycles. The number of aryl methyl sites for hydroxylation is 1. The zero-order chi connectivity index (χ0) is 13.9. The van der Waals surface area contributed by atoms with E-state index in [4.69, 9.17) is 0 Å². The third-order valence-corrected chi connectivity index (χ3v) is 2.89. The number of likely N-dealkylation sites (N-methyl/N-ethyl adjacent to an activating group) is 1. The van der Waals surface area contributed by atoms with Crippen molar-refractivity contribution in [3.63, 3.8) is 0 Å². The lowest BCUT2D eigenvalue weighted by Gasteiger charge is -2.27. The van der Waals surface area contributed by atoms with Gasteiger partial charge in [0.15, 0.2) is 0 Å². The van der Waals surface area contributed by atoms with Crippen LogP contribution in [-0.2, 0) is 7.05 Å². The van der Waals surface area contributed by atoms with Crippen molar-refractivity contribution in [2.45, 2.75) is 19.4 Å². The second-order valence-electron chi connectivity index (χ2n) is 5.34. The molecule has 0 bridgehead atoms. The van der Waals surface area contributed by atoms with Crippen LogP contribution >= 0.6 is 0 Å². The second-order valence-corrected chi connectivity index (χ2v) is 5.34. The van der Waals surface area contributed by atoms with Crippen LogP contribution in [0.4, 0.5) is 0 Å². The summed E-state index contributed by atoms with van der Waals surface area (Å²) in [4.78, 5) is 13.8. The number of amides is 1. The summed E-state index contributed by atoms with van der Waals surface area (Å²) in [5, 5.41) is 12.9. The number of carbonyl (C=O) groups is 1. The highest BCUT2D eigenvalue weighted by molar-refractivity contribution is 5.92. The summed E-state index contributed by atoms with van der Waals surface area (Å²) in [5.41, 5.74) is 0.702. The predicted octanol–water partition coefficient (Wildman–Crippen LogP) is 0.376. The second kappa shape index (κ2) is 5.54. The average molecular weight is 253 g/mol. The highest BCUT2D eigenvalue weighted by Gasteiger charge is 2.23. The zero-order valence-corrected chi connectivity index (χ0v) is 11.8. The third kappa shape index (κ3) is 3.85. The topological polar surface area (TPSA) is 57.5 Å². The maximum atomic E-state index is 12.0. The van der Waals surface area contributed by atoms with Crippen molar-refractivity contribution in [3.05, 3.63) is 23.5 Å². The van der Waals surface area contributed by atoms with Crippen LogP contribution in [-0.4, -0.2) is 53.3 Å². The van der Waals surface area contributed by atoms with E-state index in [1.54, 1.807) is 13.0 Å². The van der Waals surface area contributed by atoms with Crippen LogP contribution in [0.2, 0.25) is 0 Å². The van der Waals surface area contributed by atoms with E-state index >= 15 is 0 Å². The monoisotopic (exact) mass is 253 g/mol. The van der Waals surface area contributed by atoms with Gasteiger partial charge in [0.05, 0.1) is 5.60 Å². The molecule has 0 fully saturated rings. The van der Waals surface area contributed by atoms with Gasteiger partial charge in [-0.3, -0.25) is 4.79 Å². The zero-order valence-electron chi connectivity index (χ0n) is 11.8. The molecule has 0 saturated carbocycles. The van der Waals surface area contributed by atoms with Crippen LogP contribution < -0.4 is 5.32 Å². The number of carbonyl (C=O) groups excluding carboxylic acids is 1. The van der Waals surface area contributed by atoms with Gasteiger partial charge in [0.2, 0.25) is 0 Å². The van der Waals surface area contributed by atoms with Crippen LogP contribution in [0.5, 0.6) is 0 Å². The number of nitrogens with one attached hydrogen (secondary N) is 1. The lowest BCUT2D eigenvalue weighted by molar-refractivity contribution is 0.0324. The quantitative estimate of drug-likeness (QED) is 0.797. The Morgan fingerprint density at radius 2 is 2.11 bits per heavy atom. The molecule has 5 heteroatoms. The third-order valence-electron chi connectivity index (χ3n) is 2.89. The Morgan fingerprint density at radius 1 is 1.50 bits per heavy atom. The van der Waals surface area contributed by atoms with E-state index in [1.807, 2.05) is 43.6 Å². The molecule has 0 aliphatic carbocycles. The van der Waals surface area contributed by atoms with E-state index in [-0.39, 0.29) is 12.5 Å². The summed E-state index contributed by atoms with van der Waals surface area (Å²) in [7, 11) is 5.62. The summed E-state index contributed by atoms with van der Waals surface area (Å²) >= 11 is 0. The molecule has 1 aromatic heterocycles. The molecule has 1 rings (SSSR count). The maximum Gasteiger partial charge on any atom is 0.268 e. The van der Waals surface area contributed by atoms with Gasteiger partial charge in [-0.1, -0.05) is 0 Å². The van der Waals surface area contributed by atoms with Crippen molar-refractivity contribution in [2.24, 2.45) is 7.05 Å². The molecule has 5 nitrogen and oxygen atoms in total. The Bertz CT molecular complexity index is 422. The molecule has 1 atom stereocenters. The first-order valence-corrected chi connectivity index (χ1v) is 6.00. The Hall–Kier alpha value is -1.33. The van der Waals surface area contributed by atoms with E-state index in [0.29, 0.717) is 12.2 Å². The van der Waals surface area contributed by atoms with Gasteiger partial charge in [-0.15, -0.1) is 0 Å². The fraction of sp³-hybridized carbons (Fsp3) is 0.615. The van der Waals surface area contributed by atoms with E-state index in [0.717, 1.165) is 5.69 Å². The Labute approximate surface area is 108 Å². The first kappa shape index (κ1) is 14.7. The van der Waals surface area contributed by atoms with Crippen LogP contribution in [0.25, 0.3) is 0 Å². The summed E-state index contributed by atoms with van der Waals surface area (Å²) in [6.45, 7) is 4.39. The van der Waals surface area contributed by atoms with E-state index in [9.17, 15) is 9.90 Å². The molecule has 102 valence electrons. The highest BCUT2D eigenvalue weighted by Crippen LogP contribution is 2.07. The molecule has 0 aromatic carbocycles. The molecule has 1 amide bonds. The molecule has 1 unspecified atom stereocenters. The average Bonchev–Trinajstić information content (AvgIpc) is 2.55. The van der Waals surface area contributed by atoms with Gasteiger partial charge in [0.1, 0.15) is 5.69 Å². The number of nitrogens with zero attached hydrogens (tertiary/aromatic N) is 2. The SMILES string of the molecule is Cc1ccc(C(=O)NCC(C)(O)CN(C)C)n1C. The maximum absolute atomic E-state index is 12.0. The Balaban J connectivity index is 2.59. The van der Waals surface area contributed by atoms with Crippen molar-refractivity contribution >= 4 is 5.91 Å². The molecule has 0 saturated heterocycles. The molecular formula is C13H23N3O2. The number of hydrogen-bond donors (Lipinski definition) is 2. The minimum Gasteiger partial charge on any atom is -0.387 e. The summed E-state index contributed by atoms with van der Waals surface area (Å²) in [6.07, 6.45) is 0. The number of aliphatic hydroxyl groups is 1. The first-order chi connectivity index (χ1) is 8.23. The molecule has 2 N–H and O–H groups in total. The van der Waals surface area contributed by atoms with Crippen LogP contribution in [0.15, 0.2) is 12.1 Å². The Kier molecular flexibility index (Phi) is 4.53. The predicted molar refractivity (Wildman–Crippen MR) is 71.7 cm³/mol. The lowest BCUT2D eigenvalue weighted by Crippen LogP contribution is -2.47. The largest absolute Gasteiger partial charge is 0.387 e. The lowest BCUT2D eigenvalue weighted by atomic mass is 10.1. The summed E-state index contributed by atoms with van der Waals surface area (Å²) in [5.74, 6) is -0.162. The smallest absolute Gasteiger partial charge is 0.268 e. The van der Waals surface area contributed by atoms with Crippen molar-refractivity contribution in [1.82, 2.24) is 14.8 Å². The summed E-state index contributed by atoms with van der Waals surface area (Å²) < 4.78 is 1.83. The van der Waals surface area contributed by atoms with Crippen molar-refractivity contribution in [2.75, 3.05) is 27.2 Å². The number of hydrogen-bond acceptors (Lipinski definition) is 3. The highest BCUT2D eigenvalue weighted by atomic mass is 16.3. The van der Waals surface area contributed by atoms with Crippen LogP contribution in [0.1, 0.15) is 23.1 Å². The van der Waals surface area contributed by atoms with Gasteiger partial charge in [-0.2, -0.15) is 0 Å².